The first-order valence-electron chi connectivity index (χ1n) is 6.70. The van der Waals surface area contributed by atoms with E-state index in [1.54, 1.807) is 0 Å². The van der Waals surface area contributed by atoms with Gasteiger partial charge in [0.05, 0.1) is 4.88 Å². The number of nitrogen functional groups attached to an aromatic ring is 1. The maximum Gasteiger partial charge on any atom is 0.261 e. The molecule has 0 fully saturated rings. The van der Waals surface area contributed by atoms with Gasteiger partial charge in [0.25, 0.3) is 5.91 Å². The normalized spacial score (nSPS) is 12.8. The van der Waals surface area contributed by atoms with Crippen LogP contribution in [-0.2, 0) is 0 Å². The summed E-state index contributed by atoms with van der Waals surface area (Å²) in [5.41, 5.74) is 6.48. The maximum absolute atomic E-state index is 12.2. The molecule has 5 heteroatoms. The molecule has 0 saturated carbocycles. The third-order valence-electron chi connectivity index (χ3n) is 3.15. The van der Waals surface area contributed by atoms with Crippen molar-refractivity contribution in [3.63, 3.8) is 0 Å². The summed E-state index contributed by atoms with van der Waals surface area (Å²) in [7, 11) is 4.07. The van der Waals surface area contributed by atoms with Crippen molar-refractivity contribution < 1.29 is 4.79 Å². The summed E-state index contributed by atoms with van der Waals surface area (Å²) in [4.78, 5) is 15.1. The van der Waals surface area contributed by atoms with Crippen LogP contribution in [0.1, 0.15) is 23.0 Å². The lowest BCUT2D eigenvalue weighted by atomic mass is 10.2. The minimum absolute atomic E-state index is 0.00368. The number of nitrogens with one attached hydrogen (secondary N) is 1. The highest BCUT2D eigenvalue weighted by Gasteiger charge is 2.13. The molecule has 0 aliphatic carbocycles. The number of rotatable bonds is 5. The lowest BCUT2D eigenvalue weighted by Crippen LogP contribution is -2.34. The predicted molar refractivity (Wildman–Crippen MR) is 86.3 cm³/mol. The Balaban J connectivity index is 2.03. The van der Waals surface area contributed by atoms with Crippen LogP contribution in [0.15, 0.2) is 24.3 Å². The fourth-order valence-electron chi connectivity index (χ4n) is 1.99. The number of carbonyl (C=O) groups is 1. The molecule has 0 aliphatic heterocycles. The number of nitrogens with zero attached hydrogens (tertiary/aromatic N) is 1. The monoisotopic (exact) mass is 291 g/mol. The van der Waals surface area contributed by atoms with Crippen LogP contribution < -0.4 is 11.1 Å². The van der Waals surface area contributed by atoms with Gasteiger partial charge in [0.2, 0.25) is 0 Å². The highest BCUT2D eigenvalue weighted by Crippen LogP contribution is 2.27. The van der Waals surface area contributed by atoms with Crippen molar-refractivity contribution in [2.24, 2.45) is 0 Å². The Morgan fingerprint density at radius 2 is 2.15 bits per heavy atom. The smallest absolute Gasteiger partial charge is 0.261 e. The van der Waals surface area contributed by atoms with Gasteiger partial charge in [-0.1, -0.05) is 0 Å². The van der Waals surface area contributed by atoms with Gasteiger partial charge in [0.1, 0.15) is 0 Å². The summed E-state index contributed by atoms with van der Waals surface area (Å²) in [6.07, 6.45) is 0.941. The first-order valence-corrected chi connectivity index (χ1v) is 7.52. The number of hydrogen-bond donors (Lipinski definition) is 2. The van der Waals surface area contributed by atoms with E-state index in [2.05, 4.69) is 10.2 Å². The molecule has 1 atom stereocenters. The Labute approximate surface area is 123 Å². The van der Waals surface area contributed by atoms with Gasteiger partial charge in [-0.15, -0.1) is 11.3 Å². The molecule has 1 aromatic carbocycles. The number of amides is 1. The summed E-state index contributed by atoms with van der Waals surface area (Å²) in [5, 5.41) is 4.07. The van der Waals surface area contributed by atoms with E-state index in [1.165, 1.54) is 11.3 Å². The number of thiophene rings is 1. The van der Waals surface area contributed by atoms with E-state index in [0.29, 0.717) is 0 Å². The second-order valence-corrected chi connectivity index (χ2v) is 6.46. The molecule has 2 aromatic rings. The van der Waals surface area contributed by atoms with E-state index < -0.39 is 0 Å². The van der Waals surface area contributed by atoms with Crippen LogP contribution in [0.25, 0.3) is 10.1 Å². The number of nitrogens with two attached hydrogens (primary N) is 1. The molecule has 4 nitrogen and oxygen atoms in total. The van der Waals surface area contributed by atoms with Crippen molar-refractivity contribution in [1.82, 2.24) is 10.2 Å². The highest BCUT2D eigenvalue weighted by atomic mass is 32.1. The second kappa shape index (κ2) is 6.24. The van der Waals surface area contributed by atoms with Gasteiger partial charge in [0, 0.05) is 16.4 Å². The largest absolute Gasteiger partial charge is 0.399 e. The highest BCUT2D eigenvalue weighted by molar-refractivity contribution is 7.20. The van der Waals surface area contributed by atoms with Gasteiger partial charge in [-0.25, -0.2) is 0 Å². The molecule has 0 saturated heterocycles. The number of anilines is 1. The van der Waals surface area contributed by atoms with Crippen LogP contribution >= 0.6 is 11.3 Å². The van der Waals surface area contributed by atoms with Gasteiger partial charge >= 0.3 is 0 Å². The van der Waals surface area contributed by atoms with E-state index in [0.717, 1.165) is 33.6 Å². The van der Waals surface area contributed by atoms with Crippen molar-refractivity contribution in [3.8, 4) is 0 Å². The molecule has 3 N–H and O–H groups in total. The van der Waals surface area contributed by atoms with Crippen molar-refractivity contribution in [1.29, 1.82) is 0 Å². The standard InChI is InChI=1S/C15H21N3OS/c1-10(6-7-18(2)3)17-15(19)14-9-11-8-12(16)4-5-13(11)20-14/h4-5,8-10H,6-7,16H2,1-3H3,(H,17,19). The SMILES string of the molecule is CC(CCN(C)C)NC(=O)c1cc2cc(N)ccc2s1. The molecule has 108 valence electrons. The Kier molecular flexibility index (Phi) is 4.62. The van der Waals surface area contributed by atoms with Gasteiger partial charge in [-0.05, 0) is 63.6 Å². The zero-order valence-corrected chi connectivity index (χ0v) is 13.0. The number of benzene rings is 1. The third-order valence-corrected chi connectivity index (χ3v) is 4.27. The second-order valence-electron chi connectivity index (χ2n) is 5.37. The van der Waals surface area contributed by atoms with Crippen LogP contribution in [0.4, 0.5) is 5.69 Å². The zero-order chi connectivity index (χ0) is 14.7. The average molecular weight is 291 g/mol. The van der Waals surface area contributed by atoms with Gasteiger partial charge in [0.15, 0.2) is 0 Å². The number of fused-ring (bicyclic) bond motifs is 1. The van der Waals surface area contributed by atoms with E-state index in [-0.39, 0.29) is 11.9 Å². The zero-order valence-electron chi connectivity index (χ0n) is 12.1. The van der Waals surface area contributed by atoms with Crippen molar-refractivity contribution in [2.75, 3.05) is 26.4 Å². The quantitative estimate of drug-likeness (QED) is 0.832. The minimum Gasteiger partial charge on any atom is -0.399 e. The molecule has 0 bridgehead atoms. The van der Waals surface area contributed by atoms with Crippen LogP contribution in [-0.4, -0.2) is 37.5 Å². The molecule has 2 rings (SSSR count). The number of hydrogen-bond acceptors (Lipinski definition) is 4. The topological polar surface area (TPSA) is 58.4 Å². The fourth-order valence-corrected chi connectivity index (χ4v) is 2.94. The minimum atomic E-state index is -0.00368. The van der Waals surface area contributed by atoms with E-state index in [1.807, 2.05) is 45.3 Å². The lowest BCUT2D eigenvalue weighted by Gasteiger charge is -2.16. The lowest BCUT2D eigenvalue weighted by molar-refractivity contribution is 0.0941. The Bertz CT molecular complexity index is 606. The molecule has 1 aromatic heterocycles. The molecule has 20 heavy (non-hydrogen) atoms. The fraction of sp³-hybridized carbons (Fsp3) is 0.400. The third kappa shape index (κ3) is 3.71. The molecule has 1 unspecified atom stereocenters. The summed E-state index contributed by atoms with van der Waals surface area (Å²) in [5.74, 6) is -0.00368. The molecule has 0 spiro atoms. The molecular weight excluding hydrogens is 270 g/mol. The predicted octanol–water partition coefficient (Wildman–Crippen LogP) is 2.55. The Morgan fingerprint density at radius 1 is 1.40 bits per heavy atom. The first kappa shape index (κ1) is 14.8. The maximum atomic E-state index is 12.2. The van der Waals surface area contributed by atoms with Gasteiger partial charge in [-0.3, -0.25) is 4.79 Å². The summed E-state index contributed by atoms with van der Waals surface area (Å²) in [6.45, 7) is 3.00. The van der Waals surface area contributed by atoms with Crippen LogP contribution in [0.3, 0.4) is 0 Å². The van der Waals surface area contributed by atoms with E-state index in [9.17, 15) is 4.79 Å². The van der Waals surface area contributed by atoms with Crippen LogP contribution in [0.2, 0.25) is 0 Å². The first-order chi connectivity index (χ1) is 9.45. The molecule has 0 aliphatic rings. The van der Waals surface area contributed by atoms with Gasteiger partial charge in [-0.2, -0.15) is 0 Å². The molecule has 1 amide bonds. The van der Waals surface area contributed by atoms with E-state index >= 15 is 0 Å². The van der Waals surface area contributed by atoms with Gasteiger partial charge < -0.3 is 16.0 Å². The van der Waals surface area contributed by atoms with Crippen LogP contribution in [0.5, 0.6) is 0 Å². The summed E-state index contributed by atoms with van der Waals surface area (Å²) < 4.78 is 1.09. The van der Waals surface area contributed by atoms with E-state index in [4.69, 9.17) is 5.73 Å². The number of carbonyl (C=O) groups excluding carboxylic acids is 1. The Hall–Kier alpha value is -1.59. The average Bonchev–Trinajstić information content (AvgIpc) is 2.79. The summed E-state index contributed by atoms with van der Waals surface area (Å²) >= 11 is 1.50. The molecule has 0 radical (unpaired) electrons. The Morgan fingerprint density at radius 3 is 2.85 bits per heavy atom. The van der Waals surface area contributed by atoms with Crippen LogP contribution in [0, 0.1) is 0 Å². The van der Waals surface area contributed by atoms with Crippen molar-refractivity contribution in [2.45, 2.75) is 19.4 Å². The molecular formula is C15H21N3OS. The molecule has 1 heterocycles. The summed E-state index contributed by atoms with van der Waals surface area (Å²) in [6, 6.07) is 7.80. The van der Waals surface area contributed by atoms with Crippen molar-refractivity contribution in [3.05, 3.63) is 29.1 Å². The van der Waals surface area contributed by atoms with Crippen molar-refractivity contribution >= 4 is 33.0 Å².